The Morgan fingerprint density at radius 1 is 0.658 bits per heavy atom. The van der Waals surface area contributed by atoms with Gasteiger partial charge in [0, 0.05) is 0 Å². The van der Waals surface area contributed by atoms with Crippen LogP contribution in [0.5, 0.6) is 0 Å². The Kier molecular flexibility index (Phi) is 10.2. The van der Waals surface area contributed by atoms with Crippen LogP contribution < -0.4 is 0 Å². The Balaban J connectivity index is 1.50. The highest BCUT2D eigenvalue weighted by Crippen LogP contribution is 2.33. The molecule has 4 rings (SSSR count). The molecule has 0 N–H and O–H groups in total. The van der Waals surface area contributed by atoms with Crippen LogP contribution in [-0.2, 0) is 12.8 Å². The molecule has 1 heteroatoms. The maximum atomic E-state index is 4.31. The van der Waals surface area contributed by atoms with Gasteiger partial charge in [0.1, 0.15) is 12.2 Å². The highest BCUT2D eigenvalue weighted by molar-refractivity contribution is 5.77. The number of allylic oxidation sites excluding steroid dienone is 2. The number of nitrogens with zero attached hydrogens (tertiary/aromatic N) is 1. The smallest absolute Gasteiger partial charge is 0.147 e. The Labute approximate surface area is 231 Å². The van der Waals surface area contributed by atoms with Crippen molar-refractivity contribution < 1.29 is 4.58 Å². The molecule has 0 atom stereocenters. The molecule has 0 bridgehead atoms. The van der Waals surface area contributed by atoms with Gasteiger partial charge < -0.3 is 0 Å². The molecule has 0 aliphatic carbocycles. The van der Waals surface area contributed by atoms with Crippen molar-refractivity contribution in [3.8, 4) is 11.1 Å². The predicted octanol–water partition coefficient (Wildman–Crippen LogP) is 10.1. The van der Waals surface area contributed by atoms with Crippen LogP contribution in [0, 0.1) is 13.0 Å². The largest absolute Gasteiger partial charge is 0.255 e. The van der Waals surface area contributed by atoms with Gasteiger partial charge in [0.2, 0.25) is 0 Å². The van der Waals surface area contributed by atoms with Crippen molar-refractivity contribution in [1.29, 1.82) is 0 Å². The normalized spacial score (nSPS) is 13.2. The van der Waals surface area contributed by atoms with Crippen molar-refractivity contribution in [3.05, 3.63) is 119 Å². The van der Waals surface area contributed by atoms with Gasteiger partial charge in [-0.25, -0.2) is 0 Å². The molecule has 1 nitrogen and oxygen atoms in total. The minimum absolute atomic E-state index is 1.14. The molecule has 0 saturated carbocycles. The molecule has 0 unspecified atom stereocenters. The molecule has 0 radical (unpaired) electrons. The van der Waals surface area contributed by atoms with E-state index < -0.39 is 0 Å². The van der Waals surface area contributed by atoms with Crippen LogP contribution in [0.3, 0.4) is 0 Å². The minimum Gasteiger partial charge on any atom is -0.255 e. The number of aryl methyl sites for hydroxylation is 3. The lowest BCUT2D eigenvalue weighted by Gasteiger charge is -2.23. The molecular formula is C37H45N. The average Bonchev–Trinajstić information content (AvgIpc) is 2.95. The van der Waals surface area contributed by atoms with Crippen molar-refractivity contribution in [2.45, 2.75) is 85.0 Å². The van der Waals surface area contributed by atoms with Crippen LogP contribution in [0.15, 0.2) is 85.1 Å². The van der Waals surface area contributed by atoms with Crippen LogP contribution in [0.1, 0.15) is 93.0 Å². The highest BCUT2D eigenvalue weighted by atomic mass is 15.0. The summed E-state index contributed by atoms with van der Waals surface area (Å²) in [6.45, 7) is 11.0. The number of benzene rings is 3. The topological polar surface area (TPSA) is 3.01 Å². The summed E-state index contributed by atoms with van der Waals surface area (Å²) in [6, 6.07) is 26.2. The third kappa shape index (κ3) is 7.38. The SMILES string of the molecule is C=[N+]1C=CC(c2ccc(CCCCCC)cc2)=C[C-]1c1cc(-c2ccc(CCCCCC)cc2)ccc1C. The molecular weight excluding hydrogens is 458 g/mol. The van der Waals surface area contributed by atoms with Gasteiger partial charge >= 0.3 is 0 Å². The predicted molar refractivity (Wildman–Crippen MR) is 166 cm³/mol. The molecule has 3 aromatic carbocycles. The Bertz CT molecular complexity index is 1240. The van der Waals surface area contributed by atoms with Gasteiger partial charge in [-0.1, -0.05) is 137 Å². The zero-order chi connectivity index (χ0) is 26.7. The minimum atomic E-state index is 1.14. The molecule has 198 valence electrons. The van der Waals surface area contributed by atoms with Gasteiger partial charge in [-0.05, 0) is 71.2 Å². The average molecular weight is 504 g/mol. The van der Waals surface area contributed by atoms with Crippen LogP contribution >= 0.6 is 0 Å². The summed E-state index contributed by atoms with van der Waals surface area (Å²) >= 11 is 0. The van der Waals surface area contributed by atoms with E-state index in [0.29, 0.717) is 0 Å². The van der Waals surface area contributed by atoms with E-state index >= 15 is 0 Å². The molecule has 38 heavy (non-hydrogen) atoms. The summed E-state index contributed by atoms with van der Waals surface area (Å²) < 4.78 is 2.00. The van der Waals surface area contributed by atoms with Gasteiger partial charge in [0.25, 0.3) is 0 Å². The van der Waals surface area contributed by atoms with Crippen LogP contribution in [-0.4, -0.2) is 11.3 Å². The first kappa shape index (κ1) is 27.7. The van der Waals surface area contributed by atoms with Gasteiger partial charge in [0.15, 0.2) is 0 Å². The Morgan fingerprint density at radius 2 is 1.21 bits per heavy atom. The maximum Gasteiger partial charge on any atom is 0.147 e. The number of unbranched alkanes of at least 4 members (excludes halogenated alkanes) is 6. The first-order chi connectivity index (χ1) is 18.6. The third-order valence-corrected chi connectivity index (χ3v) is 7.76. The summed E-state index contributed by atoms with van der Waals surface area (Å²) in [5.74, 6) is 0. The first-order valence-corrected chi connectivity index (χ1v) is 14.7. The summed E-state index contributed by atoms with van der Waals surface area (Å²) in [6.07, 6.45) is 19.3. The third-order valence-electron chi connectivity index (χ3n) is 7.76. The zero-order valence-electron chi connectivity index (χ0n) is 23.8. The van der Waals surface area contributed by atoms with E-state index in [0.717, 1.165) is 6.04 Å². The standard InChI is InChI=1S/C37H45N/c1-5-7-9-11-13-30-16-21-32(22-17-30)34-20-15-29(3)36(27-34)37-28-35(25-26-38(37)4)33-23-18-31(19-24-33)14-12-10-8-6-2/h15-28H,4-14H2,1-3H3. The number of rotatable bonds is 13. The van der Waals surface area contributed by atoms with E-state index in [4.69, 9.17) is 0 Å². The molecule has 0 amide bonds. The van der Waals surface area contributed by atoms with E-state index in [-0.39, 0.29) is 0 Å². The Morgan fingerprint density at radius 3 is 1.79 bits per heavy atom. The van der Waals surface area contributed by atoms with Gasteiger partial charge in [-0.3, -0.25) is 4.58 Å². The summed E-state index contributed by atoms with van der Waals surface area (Å²) in [4.78, 5) is 0. The quantitative estimate of drug-likeness (QED) is 0.124. The van der Waals surface area contributed by atoms with Crippen LogP contribution in [0.4, 0.5) is 0 Å². The van der Waals surface area contributed by atoms with Crippen molar-refractivity contribution in [2.75, 3.05) is 0 Å². The fourth-order valence-electron chi connectivity index (χ4n) is 5.26. The molecule has 1 aliphatic heterocycles. The second-order valence-electron chi connectivity index (χ2n) is 10.8. The van der Waals surface area contributed by atoms with Crippen molar-refractivity contribution in [1.82, 2.24) is 0 Å². The van der Waals surface area contributed by atoms with Crippen LogP contribution in [0.25, 0.3) is 16.7 Å². The Hall–Kier alpha value is -3.32. The van der Waals surface area contributed by atoms with E-state index in [1.165, 1.54) is 109 Å². The number of hydrogen-bond acceptors (Lipinski definition) is 0. The maximum absolute atomic E-state index is 4.31. The van der Waals surface area contributed by atoms with Crippen molar-refractivity contribution >= 4 is 12.3 Å². The molecule has 0 aromatic heterocycles. The lowest BCUT2D eigenvalue weighted by molar-refractivity contribution is -0.417. The fraction of sp³-hybridized carbons (Fsp3) is 0.351. The summed E-state index contributed by atoms with van der Waals surface area (Å²) in [5, 5.41) is 0. The van der Waals surface area contributed by atoms with Crippen molar-refractivity contribution in [3.63, 3.8) is 0 Å². The van der Waals surface area contributed by atoms with E-state index in [9.17, 15) is 0 Å². The molecule has 1 aliphatic rings. The summed E-state index contributed by atoms with van der Waals surface area (Å²) in [7, 11) is 0. The van der Waals surface area contributed by atoms with Gasteiger partial charge in [-0.15, -0.1) is 0 Å². The second-order valence-corrected chi connectivity index (χ2v) is 10.8. The lowest BCUT2D eigenvalue weighted by atomic mass is 9.91. The van der Waals surface area contributed by atoms with Gasteiger partial charge in [-0.2, -0.15) is 0 Å². The lowest BCUT2D eigenvalue weighted by Crippen LogP contribution is -2.15. The summed E-state index contributed by atoms with van der Waals surface area (Å²) in [5.41, 5.74) is 10.4. The van der Waals surface area contributed by atoms with E-state index in [1.54, 1.807) is 0 Å². The zero-order valence-corrected chi connectivity index (χ0v) is 23.8. The van der Waals surface area contributed by atoms with Gasteiger partial charge in [0.05, 0.1) is 6.72 Å². The molecule has 0 fully saturated rings. The monoisotopic (exact) mass is 503 g/mol. The molecule has 0 spiro atoms. The molecule has 0 saturated heterocycles. The van der Waals surface area contributed by atoms with Crippen LogP contribution in [0.2, 0.25) is 0 Å². The van der Waals surface area contributed by atoms with E-state index in [2.05, 4.69) is 113 Å². The fourth-order valence-corrected chi connectivity index (χ4v) is 5.26. The van der Waals surface area contributed by atoms with Crippen molar-refractivity contribution in [2.24, 2.45) is 0 Å². The second kappa shape index (κ2) is 14.0. The molecule has 3 aromatic rings. The first-order valence-electron chi connectivity index (χ1n) is 14.7. The number of hydrogen-bond donors (Lipinski definition) is 0. The van der Waals surface area contributed by atoms with E-state index in [1.807, 2.05) is 4.58 Å². The highest BCUT2D eigenvalue weighted by Gasteiger charge is 2.19. The molecule has 1 heterocycles.